The van der Waals surface area contributed by atoms with Gasteiger partial charge in [-0.3, -0.25) is 9.52 Å². The zero-order valence-corrected chi connectivity index (χ0v) is 16.8. The Morgan fingerprint density at radius 1 is 0.900 bits per heavy atom. The number of rotatable bonds is 5. The third-order valence-electron chi connectivity index (χ3n) is 4.30. The molecule has 4 rings (SSSR count). The molecule has 10 heteroatoms. The van der Waals surface area contributed by atoms with Crippen molar-refractivity contribution in [1.29, 1.82) is 0 Å². The standard InChI is InChI=1S/C20H15ClN4O4S/c21-12-4-3-5-13(10-12)22-19(26)15-6-1-2-7-16(15)25-30(28,29)14-8-9-17-18(11-14)24-20(27)23-17/h1-11,25H,(H,22,26)(H2,23,24,27). The average molecular weight is 443 g/mol. The minimum Gasteiger partial charge on any atom is -0.322 e. The second kappa shape index (κ2) is 7.69. The third kappa shape index (κ3) is 4.07. The normalized spacial score (nSPS) is 11.4. The van der Waals surface area contributed by atoms with Crippen molar-refractivity contribution in [3.05, 3.63) is 87.8 Å². The van der Waals surface area contributed by atoms with Crippen LogP contribution in [-0.4, -0.2) is 24.3 Å². The number of para-hydroxylation sites is 1. The molecule has 0 unspecified atom stereocenters. The van der Waals surface area contributed by atoms with Crippen LogP contribution < -0.4 is 15.7 Å². The minimum absolute atomic E-state index is 0.0599. The van der Waals surface area contributed by atoms with E-state index in [-0.39, 0.29) is 16.1 Å². The van der Waals surface area contributed by atoms with Crippen LogP contribution in [-0.2, 0) is 10.0 Å². The van der Waals surface area contributed by atoms with Gasteiger partial charge in [-0.1, -0.05) is 29.8 Å². The number of carbonyl (C=O) groups excluding carboxylic acids is 1. The Morgan fingerprint density at radius 3 is 2.47 bits per heavy atom. The molecule has 0 saturated heterocycles. The molecule has 0 fully saturated rings. The first kappa shape index (κ1) is 19.7. The highest BCUT2D eigenvalue weighted by atomic mass is 35.5. The fourth-order valence-electron chi connectivity index (χ4n) is 2.92. The van der Waals surface area contributed by atoms with Gasteiger partial charge in [-0.05, 0) is 48.5 Å². The minimum atomic E-state index is -4.02. The van der Waals surface area contributed by atoms with E-state index < -0.39 is 21.6 Å². The lowest BCUT2D eigenvalue weighted by molar-refractivity contribution is 0.102. The number of halogens is 1. The van der Waals surface area contributed by atoms with E-state index >= 15 is 0 Å². The van der Waals surface area contributed by atoms with Gasteiger partial charge in [0, 0.05) is 10.7 Å². The molecule has 1 amide bonds. The summed E-state index contributed by atoms with van der Waals surface area (Å²) in [4.78, 5) is 29.1. The van der Waals surface area contributed by atoms with E-state index in [1.807, 2.05) is 0 Å². The lowest BCUT2D eigenvalue weighted by Gasteiger charge is -2.13. The Labute approximate surface area is 176 Å². The number of carbonyl (C=O) groups is 1. The number of hydrogen-bond donors (Lipinski definition) is 4. The summed E-state index contributed by atoms with van der Waals surface area (Å²) in [5.41, 5.74) is 1.13. The number of imidazole rings is 1. The van der Waals surface area contributed by atoms with Gasteiger partial charge in [-0.2, -0.15) is 0 Å². The summed E-state index contributed by atoms with van der Waals surface area (Å²) in [6.07, 6.45) is 0. The molecule has 0 saturated carbocycles. The van der Waals surface area contributed by atoms with Gasteiger partial charge in [-0.15, -0.1) is 0 Å². The number of hydrogen-bond acceptors (Lipinski definition) is 4. The van der Waals surface area contributed by atoms with Crippen LogP contribution in [0.1, 0.15) is 10.4 Å². The second-order valence-corrected chi connectivity index (χ2v) is 8.52. The largest absolute Gasteiger partial charge is 0.323 e. The van der Waals surface area contributed by atoms with Gasteiger partial charge < -0.3 is 15.3 Å². The van der Waals surface area contributed by atoms with Gasteiger partial charge in [0.1, 0.15) is 0 Å². The zero-order valence-electron chi connectivity index (χ0n) is 15.3. The summed E-state index contributed by atoms with van der Waals surface area (Å²) >= 11 is 5.94. The van der Waals surface area contributed by atoms with E-state index in [1.165, 1.54) is 30.3 Å². The average Bonchev–Trinajstić information content (AvgIpc) is 3.07. The maximum Gasteiger partial charge on any atom is 0.323 e. The van der Waals surface area contributed by atoms with Gasteiger partial charge in [-0.25, -0.2) is 13.2 Å². The first-order chi connectivity index (χ1) is 14.3. The van der Waals surface area contributed by atoms with Gasteiger partial charge in [0.05, 0.1) is 27.2 Å². The van der Waals surface area contributed by atoms with Gasteiger partial charge in [0.2, 0.25) is 0 Å². The fraction of sp³-hybridized carbons (Fsp3) is 0. The molecule has 30 heavy (non-hydrogen) atoms. The van der Waals surface area contributed by atoms with Crippen LogP contribution in [0.25, 0.3) is 11.0 Å². The Hall–Kier alpha value is -3.56. The van der Waals surface area contributed by atoms with Gasteiger partial charge in [0.15, 0.2) is 0 Å². The zero-order chi connectivity index (χ0) is 21.3. The second-order valence-electron chi connectivity index (χ2n) is 6.40. The van der Waals surface area contributed by atoms with Crippen molar-refractivity contribution < 1.29 is 13.2 Å². The monoisotopic (exact) mass is 442 g/mol. The number of anilines is 2. The van der Waals surface area contributed by atoms with E-state index in [0.717, 1.165) is 0 Å². The van der Waals surface area contributed by atoms with E-state index in [2.05, 4.69) is 20.0 Å². The van der Waals surface area contributed by atoms with Crippen LogP contribution in [0.15, 0.2) is 76.4 Å². The molecular weight excluding hydrogens is 428 g/mol. The van der Waals surface area contributed by atoms with Crippen LogP contribution in [0.4, 0.5) is 11.4 Å². The summed E-state index contributed by atoms with van der Waals surface area (Å²) in [5, 5.41) is 3.15. The first-order valence-electron chi connectivity index (χ1n) is 8.73. The lowest BCUT2D eigenvalue weighted by atomic mass is 10.1. The molecule has 1 aromatic heterocycles. The predicted octanol–water partition coefficient (Wildman–Crippen LogP) is 3.56. The highest BCUT2D eigenvalue weighted by Gasteiger charge is 2.19. The highest BCUT2D eigenvalue weighted by Crippen LogP contribution is 2.23. The molecule has 152 valence electrons. The maximum atomic E-state index is 12.9. The van der Waals surface area contributed by atoms with Gasteiger partial charge >= 0.3 is 5.69 Å². The van der Waals surface area contributed by atoms with Gasteiger partial charge in [0.25, 0.3) is 15.9 Å². The molecule has 0 aliphatic carbocycles. The molecule has 3 aromatic carbocycles. The Morgan fingerprint density at radius 2 is 1.67 bits per heavy atom. The summed E-state index contributed by atoms with van der Waals surface area (Å²) in [5.74, 6) is -0.499. The molecular formula is C20H15ClN4O4S. The van der Waals surface area contributed by atoms with Crippen LogP contribution in [0, 0.1) is 0 Å². The SMILES string of the molecule is O=C(Nc1cccc(Cl)c1)c1ccccc1NS(=O)(=O)c1ccc2[nH]c(=O)[nH]c2c1. The molecule has 1 heterocycles. The molecule has 4 N–H and O–H groups in total. The maximum absolute atomic E-state index is 12.9. The van der Waals surface area contributed by atoms with Crippen LogP contribution in [0.5, 0.6) is 0 Å². The quantitative estimate of drug-likeness (QED) is 0.377. The molecule has 8 nitrogen and oxygen atoms in total. The Bertz CT molecular complexity index is 1430. The molecule has 0 spiro atoms. The van der Waals surface area contributed by atoms with Crippen molar-refractivity contribution in [2.45, 2.75) is 4.90 Å². The smallest absolute Gasteiger partial charge is 0.322 e. The molecule has 0 aliphatic heterocycles. The van der Waals surface area contributed by atoms with Crippen molar-refractivity contribution in [3.8, 4) is 0 Å². The number of H-pyrrole nitrogens is 2. The molecule has 0 atom stereocenters. The van der Waals surface area contributed by atoms with E-state index in [9.17, 15) is 18.0 Å². The lowest BCUT2D eigenvalue weighted by Crippen LogP contribution is -2.18. The van der Waals surface area contributed by atoms with E-state index in [1.54, 1.807) is 36.4 Å². The summed E-state index contributed by atoms with van der Waals surface area (Å²) in [6, 6.07) is 17.0. The fourth-order valence-corrected chi connectivity index (χ4v) is 4.21. The number of aromatic amines is 2. The molecule has 0 radical (unpaired) electrons. The summed E-state index contributed by atoms with van der Waals surface area (Å²) < 4.78 is 28.2. The predicted molar refractivity (Wildman–Crippen MR) is 116 cm³/mol. The first-order valence-corrected chi connectivity index (χ1v) is 10.6. The van der Waals surface area contributed by atoms with Crippen molar-refractivity contribution in [3.63, 3.8) is 0 Å². The van der Waals surface area contributed by atoms with Crippen molar-refractivity contribution in [2.75, 3.05) is 10.0 Å². The number of fused-ring (bicyclic) bond motifs is 1. The Kier molecular flexibility index (Phi) is 5.06. The van der Waals surface area contributed by atoms with Crippen molar-refractivity contribution >= 4 is 49.9 Å². The highest BCUT2D eigenvalue weighted by molar-refractivity contribution is 7.92. The molecule has 4 aromatic rings. The van der Waals surface area contributed by atoms with Crippen LogP contribution in [0.3, 0.4) is 0 Å². The van der Waals surface area contributed by atoms with Crippen LogP contribution in [0.2, 0.25) is 5.02 Å². The third-order valence-corrected chi connectivity index (χ3v) is 5.89. The molecule has 0 aliphatic rings. The van der Waals surface area contributed by atoms with Crippen molar-refractivity contribution in [2.24, 2.45) is 0 Å². The number of sulfonamides is 1. The number of aromatic nitrogens is 2. The molecule has 0 bridgehead atoms. The van der Waals surface area contributed by atoms with Crippen LogP contribution >= 0.6 is 11.6 Å². The van der Waals surface area contributed by atoms with Crippen molar-refractivity contribution in [1.82, 2.24) is 9.97 Å². The number of amides is 1. The number of nitrogens with one attached hydrogen (secondary N) is 4. The Balaban J connectivity index is 1.64. The van der Waals surface area contributed by atoms with E-state index in [4.69, 9.17) is 11.6 Å². The topological polar surface area (TPSA) is 124 Å². The summed E-state index contributed by atoms with van der Waals surface area (Å²) in [7, 11) is -4.02. The van der Waals surface area contributed by atoms with E-state index in [0.29, 0.717) is 21.7 Å². The summed E-state index contributed by atoms with van der Waals surface area (Å²) in [6.45, 7) is 0. The number of benzene rings is 3.